The molecule has 0 amide bonds. The van der Waals surface area contributed by atoms with Gasteiger partial charge < -0.3 is 0 Å². The quantitative estimate of drug-likeness (QED) is 0.547. The van der Waals surface area contributed by atoms with E-state index < -0.39 is 0 Å². The number of hydrogen-bond donors (Lipinski definition) is 0. The molecule has 0 aliphatic carbocycles. The van der Waals surface area contributed by atoms with Crippen LogP contribution in [0.15, 0.2) is 41.9 Å². The van der Waals surface area contributed by atoms with E-state index in [-0.39, 0.29) is 5.41 Å². The minimum Gasteiger partial charge on any atom is -0.256 e. The van der Waals surface area contributed by atoms with Crippen LogP contribution >= 0.6 is 11.3 Å². The van der Waals surface area contributed by atoms with E-state index in [0.717, 1.165) is 18.5 Å². The van der Waals surface area contributed by atoms with Crippen LogP contribution in [0, 0.1) is 6.92 Å². The summed E-state index contributed by atoms with van der Waals surface area (Å²) >= 11 is 1.78. The molecule has 0 radical (unpaired) electrons. The Morgan fingerprint density at radius 1 is 1.09 bits per heavy atom. The monoisotopic (exact) mass is 309 g/mol. The fourth-order valence-electron chi connectivity index (χ4n) is 2.95. The normalized spacial score (nSPS) is 12.0. The molecule has 0 N–H and O–H groups in total. The fraction of sp³-hybridized carbons (Fsp3) is 0.350. The summed E-state index contributed by atoms with van der Waals surface area (Å²) in [7, 11) is 0. The Bertz CT molecular complexity index is 796. The van der Waals surface area contributed by atoms with Gasteiger partial charge in [-0.25, -0.2) is 0 Å². The second-order valence-electron chi connectivity index (χ2n) is 6.38. The van der Waals surface area contributed by atoms with Gasteiger partial charge in [-0.1, -0.05) is 32.4 Å². The van der Waals surface area contributed by atoms with E-state index in [9.17, 15) is 0 Å². The number of fused-ring (bicyclic) bond motifs is 1. The van der Waals surface area contributed by atoms with E-state index in [1.807, 2.05) is 6.20 Å². The average molecular weight is 309 g/mol. The lowest BCUT2D eigenvalue weighted by Gasteiger charge is -2.28. The highest BCUT2D eigenvalue weighted by molar-refractivity contribution is 7.17. The van der Waals surface area contributed by atoms with Gasteiger partial charge >= 0.3 is 0 Å². The zero-order valence-electron chi connectivity index (χ0n) is 13.8. The number of thiophene rings is 1. The number of aromatic nitrogens is 1. The number of hydrogen-bond acceptors (Lipinski definition) is 2. The van der Waals surface area contributed by atoms with Crippen molar-refractivity contribution < 1.29 is 0 Å². The maximum Gasteiger partial charge on any atom is 0.0716 e. The molecular weight excluding hydrogens is 286 g/mol. The molecule has 3 aromatic rings. The van der Waals surface area contributed by atoms with Crippen LogP contribution in [0.5, 0.6) is 0 Å². The Hall–Kier alpha value is -1.67. The van der Waals surface area contributed by atoms with E-state index >= 15 is 0 Å². The van der Waals surface area contributed by atoms with E-state index in [0.29, 0.717) is 0 Å². The first-order chi connectivity index (χ1) is 10.6. The number of nitrogens with zero attached hydrogens (tertiary/aromatic N) is 1. The highest BCUT2D eigenvalue weighted by Crippen LogP contribution is 2.35. The van der Waals surface area contributed by atoms with Gasteiger partial charge in [-0.15, -0.1) is 11.3 Å². The largest absolute Gasteiger partial charge is 0.256 e. The van der Waals surface area contributed by atoms with Crippen LogP contribution in [0.1, 0.15) is 44.7 Å². The maximum absolute atomic E-state index is 4.67. The Kier molecular flexibility index (Phi) is 4.05. The first-order valence-corrected chi connectivity index (χ1v) is 8.89. The van der Waals surface area contributed by atoms with Crippen LogP contribution in [0.4, 0.5) is 0 Å². The van der Waals surface area contributed by atoms with Crippen LogP contribution in [0.25, 0.3) is 21.3 Å². The summed E-state index contributed by atoms with van der Waals surface area (Å²) in [5.41, 5.74) is 5.30. The molecular formula is C20H23NS. The van der Waals surface area contributed by atoms with Crippen molar-refractivity contribution in [3.05, 3.63) is 53.0 Å². The molecule has 2 heterocycles. The predicted molar refractivity (Wildman–Crippen MR) is 97.7 cm³/mol. The summed E-state index contributed by atoms with van der Waals surface area (Å²) in [4.78, 5) is 4.67. The maximum atomic E-state index is 4.67. The molecule has 22 heavy (non-hydrogen) atoms. The van der Waals surface area contributed by atoms with Crippen molar-refractivity contribution in [3.63, 3.8) is 0 Å². The summed E-state index contributed by atoms with van der Waals surface area (Å²) < 4.78 is 1.31. The summed E-state index contributed by atoms with van der Waals surface area (Å²) in [6, 6.07) is 11.3. The highest BCUT2D eigenvalue weighted by atomic mass is 32.1. The summed E-state index contributed by atoms with van der Waals surface area (Å²) in [5, 5.41) is 3.36. The molecule has 0 fully saturated rings. The van der Waals surface area contributed by atoms with Crippen molar-refractivity contribution >= 4 is 21.4 Å². The molecule has 2 heteroatoms. The smallest absolute Gasteiger partial charge is 0.0716 e. The average Bonchev–Trinajstić information content (AvgIpc) is 3.01. The summed E-state index contributed by atoms with van der Waals surface area (Å²) in [5.74, 6) is 0. The van der Waals surface area contributed by atoms with Gasteiger partial charge in [0.05, 0.1) is 5.69 Å². The third-order valence-electron chi connectivity index (χ3n) is 4.97. The van der Waals surface area contributed by atoms with E-state index in [1.165, 1.54) is 26.8 Å². The van der Waals surface area contributed by atoms with E-state index in [4.69, 9.17) is 0 Å². The van der Waals surface area contributed by atoms with Gasteiger partial charge in [0.25, 0.3) is 0 Å². The lowest BCUT2D eigenvalue weighted by atomic mass is 9.77. The van der Waals surface area contributed by atoms with Gasteiger partial charge in [0.2, 0.25) is 0 Å². The Labute approximate surface area is 137 Å². The molecule has 2 aromatic heterocycles. The topological polar surface area (TPSA) is 12.9 Å². The molecule has 0 spiro atoms. The zero-order valence-corrected chi connectivity index (χ0v) is 14.6. The Morgan fingerprint density at radius 3 is 2.59 bits per heavy atom. The molecule has 0 bridgehead atoms. The van der Waals surface area contributed by atoms with Crippen LogP contribution in [0.3, 0.4) is 0 Å². The van der Waals surface area contributed by atoms with Crippen molar-refractivity contribution in [2.45, 2.75) is 46.0 Å². The SMILES string of the molecule is CCC(C)(CC)c1cc(C)cc(-c2cc3sccc3cn2)c1. The minimum atomic E-state index is 0.244. The zero-order chi connectivity index (χ0) is 15.7. The van der Waals surface area contributed by atoms with Crippen LogP contribution in [-0.4, -0.2) is 4.98 Å². The molecule has 0 aliphatic rings. The van der Waals surface area contributed by atoms with Crippen molar-refractivity contribution in [1.29, 1.82) is 0 Å². The summed E-state index contributed by atoms with van der Waals surface area (Å²) in [6.07, 6.45) is 4.30. The third kappa shape index (κ3) is 2.68. The predicted octanol–water partition coefficient (Wildman–Crippen LogP) is 6.35. The van der Waals surface area contributed by atoms with Gasteiger partial charge in [0, 0.05) is 21.8 Å². The Balaban J connectivity index is 2.12. The first-order valence-electron chi connectivity index (χ1n) is 8.01. The number of rotatable bonds is 4. The molecule has 1 aromatic carbocycles. The third-order valence-corrected chi connectivity index (χ3v) is 5.85. The van der Waals surface area contributed by atoms with Crippen LogP contribution < -0.4 is 0 Å². The van der Waals surface area contributed by atoms with Crippen LogP contribution in [0.2, 0.25) is 0 Å². The second-order valence-corrected chi connectivity index (χ2v) is 7.33. The minimum absolute atomic E-state index is 0.244. The fourth-order valence-corrected chi connectivity index (χ4v) is 3.75. The van der Waals surface area contributed by atoms with Crippen molar-refractivity contribution in [2.75, 3.05) is 0 Å². The van der Waals surface area contributed by atoms with Gasteiger partial charge in [-0.2, -0.15) is 0 Å². The van der Waals surface area contributed by atoms with E-state index in [2.05, 4.69) is 68.4 Å². The second kappa shape index (κ2) is 5.85. The van der Waals surface area contributed by atoms with Crippen LogP contribution in [-0.2, 0) is 5.41 Å². The van der Waals surface area contributed by atoms with Crippen molar-refractivity contribution in [1.82, 2.24) is 4.98 Å². The lowest BCUT2D eigenvalue weighted by molar-refractivity contribution is 0.439. The molecule has 0 saturated carbocycles. The number of benzene rings is 1. The summed E-state index contributed by atoms with van der Waals surface area (Å²) in [6.45, 7) is 9.10. The van der Waals surface area contributed by atoms with Gasteiger partial charge in [-0.3, -0.25) is 4.98 Å². The van der Waals surface area contributed by atoms with Gasteiger partial charge in [0.1, 0.15) is 0 Å². The molecule has 0 unspecified atom stereocenters. The molecule has 0 aliphatic heterocycles. The van der Waals surface area contributed by atoms with Crippen molar-refractivity contribution in [2.24, 2.45) is 0 Å². The number of aryl methyl sites for hydroxylation is 1. The molecule has 114 valence electrons. The van der Waals surface area contributed by atoms with E-state index in [1.54, 1.807) is 11.3 Å². The lowest BCUT2D eigenvalue weighted by Crippen LogP contribution is -2.19. The van der Waals surface area contributed by atoms with Crippen molar-refractivity contribution in [3.8, 4) is 11.3 Å². The van der Waals surface area contributed by atoms with Gasteiger partial charge in [-0.05, 0) is 60.4 Å². The van der Waals surface area contributed by atoms with Gasteiger partial charge in [0.15, 0.2) is 0 Å². The molecule has 0 saturated heterocycles. The Morgan fingerprint density at radius 2 is 1.86 bits per heavy atom. The molecule has 1 nitrogen and oxygen atoms in total. The number of pyridine rings is 1. The molecule has 3 rings (SSSR count). The highest BCUT2D eigenvalue weighted by Gasteiger charge is 2.23. The standard InChI is InChI=1S/C20H23NS/c1-5-20(4,6-2)17-10-14(3)9-16(11-17)18-12-19-15(13-21-18)7-8-22-19/h7-13H,5-6H2,1-4H3. The molecule has 0 atom stereocenters. The first kappa shape index (κ1) is 15.2.